The minimum absolute atomic E-state index is 0.0403. The first-order valence-electron chi connectivity index (χ1n) is 9.44. The first-order chi connectivity index (χ1) is 15.0. The van der Waals surface area contributed by atoms with E-state index in [2.05, 4.69) is 10.4 Å². The fourth-order valence-corrected chi connectivity index (χ4v) is 3.12. The molecule has 1 N–H and O–H groups in total. The Morgan fingerprint density at radius 1 is 1.12 bits per heavy atom. The Morgan fingerprint density at radius 3 is 2.34 bits per heavy atom. The molecule has 0 fully saturated rings. The van der Waals surface area contributed by atoms with Crippen molar-refractivity contribution in [2.75, 3.05) is 0 Å². The average molecular weight is 467 g/mol. The largest absolute Gasteiger partial charge is 0.416 e. The molecule has 0 aliphatic rings. The number of nitrogens with zero attached hydrogens (tertiary/aromatic N) is 3. The molecule has 1 aromatic heterocycles. The van der Waals surface area contributed by atoms with E-state index in [-0.39, 0.29) is 18.3 Å². The minimum atomic E-state index is -4.56. The summed E-state index contributed by atoms with van der Waals surface area (Å²) in [7, 11) is 0. The predicted molar refractivity (Wildman–Crippen MR) is 112 cm³/mol. The Labute approximate surface area is 185 Å². The number of benzene rings is 2. The maximum Gasteiger partial charge on any atom is 0.416 e. The number of halogens is 4. The fraction of sp³-hybridized carbons (Fsp3) is 0.238. The van der Waals surface area contributed by atoms with Gasteiger partial charge in [0.1, 0.15) is 0 Å². The molecule has 0 aliphatic heterocycles. The molecule has 0 aliphatic carbocycles. The summed E-state index contributed by atoms with van der Waals surface area (Å²) in [5, 5.41) is 6.77. The molecule has 0 unspecified atom stereocenters. The van der Waals surface area contributed by atoms with Gasteiger partial charge < -0.3 is 5.32 Å². The molecule has 2 aromatic carbocycles. The number of alkyl halides is 3. The highest BCUT2D eigenvalue weighted by molar-refractivity contribution is 6.30. The van der Waals surface area contributed by atoms with Gasteiger partial charge in [0.05, 0.1) is 17.8 Å². The molecular formula is C21H18ClF3N4O3. The van der Waals surface area contributed by atoms with Crippen molar-refractivity contribution < 1.29 is 18.0 Å². The quantitative estimate of drug-likeness (QED) is 0.625. The zero-order valence-electron chi connectivity index (χ0n) is 17.0. The van der Waals surface area contributed by atoms with Crippen LogP contribution in [0, 0.1) is 0 Å². The first kappa shape index (κ1) is 23.3. The number of nitrogens with one attached hydrogen (secondary N) is 1. The van der Waals surface area contributed by atoms with Crippen molar-refractivity contribution in [3.63, 3.8) is 0 Å². The summed E-state index contributed by atoms with van der Waals surface area (Å²) >= 11 is 5.97. The molecule has 168 valence electrons. The van der Waals surface area contributed by atoms with Gasteiger partial charge >= 0.3 is 11.9 Å². The molecule has 0 atom stereocenters. The molecule has 1 amide bonds. The molecule has 3 aromatic rings. The van der Waals surface area contributed by atoms with E-state index >= 15 is 0 Å². The predicted octanol–water partition coefficient (Wildman–Crippen LogP) is 3.25. The summed E-state index contributed by atoms with van der Waals surface area (Å²) in [4.78, 5) is 38.5. The van der Waals surface area contributed by atoms with Crippen LogP contribution in [0.1, 0.15) is 35.5 Å². The second-order valence-electron chi connectivity index (χ2n) is 7.24. The second-order valence-corrected chi connectivity index (χ2v) is 7.67. The minimum Gasteiger partial charge on any atom is -0.348 e. The number of carbonyl (C=O) groups excluding carboxylic acids is 1. The van der Waals surface area contributed by atoms with Crippen LogP contribution in [0.4, 0.5) is 13.2 Å². The molecule has 11 heteroatoms. The second kappa shape index (κ2) is 8.99. The summed E-state index contributed by atoms with van der Waals surface area (Å²) in [6.45, 7) is 3.13. The number of hydrogen-bond donors (Lipinski definition) is 1. The van der Waals surface area contributed by atoms with Crippen LogP contribution < -0.4 is 16.6 Å². The number of amides is 1. The van der Waals surface area contributed by atoms with Crippen molar-refractivity contribution in [1.82, 2.24) is 19.7 Å². The number of carbonyl (C=O) groups is 1. The maximum atomic E-state index is 13.0. The van der Waals surface area contributed by atoms with Crippen LogP contribution in [0.3, 0.4) is 0 Å². The van der Waals surface area contributed by atoms with Gasteiger partial charge in [-0.15, -0.1) is 0 Å². The van der Waals surface area contributed by atoms with Gasteiger partial charge in [0.2, 0.25) is 5.69 Å². The van der Waals surface area contributed by atoms with Gasteiger partial charge in [0.25, 0.3) is 11.5 Å². The van der Waals surface area contributed by atoms with Crippen LogP contribution in [0.2, 0.25) is 5.02 Å². The number of hydrogen-bond acceptors (Lipinski definition) is 4. The van der Waals surface area contributed by atoms with Gasteiger partial charge in [-0.05, 0) is 55.8 Å². The maximum absolute atomic E-state index is 13.0. The monoisotopic (exact) mass is 466 g/mol. The van der Waals surface area contributed by atoms with Crippen LogP contribution in [0.15, 0.2) is 58.1 Å². The standard InChI is InChI=1S/C21H18ClF3N4O3/c1-12(2)26-18(30)17-19(31)28(11-13-4-3-5-15(22)10-13)20(32)29(27-17)16-8-6-14(7-9-16)21(23,24)25/h3-10,12H,11H2,1-2H3,(H,26,30). The SMILES string of the molecule is CC(C)NC(=O)c1nn(-c2ccc(C(F)(F)F)cc2)c(=O)n(Cc2cccc(Cl)c2)c1=O. The number of rotatable bonds is 5. The van der Waals surface area contributed by atoms with Crippen molar-refractivity contribution in [3.8, 4) is 5.69 Å². The van der Waals surface area contributed by atoms with Crippen LogP contribution in [0.25, 0.3) is 5.69 Å². The van der Waals surface area contributed by atoms with E-state index in [4.69, 9.17) is 11.6 Å². The summed E-state index contributed by atoms with van der Waals surface area (Å²) in [5.74, 6) is -0.814. The van der Waals surface area contributed by atoms with E-state index < -0.39 is 34.6 Å². The lowest BCUT2D eigenvalue weighted by Crippen LogP contribution is -2.46. The van der Waals surface area contributed by atoms with E-state index in [0.29, 0.717) is 10.6 Å². The third-order valence-electron chi connectivity index (χ3n) is 4.36. The van der Waals surface area contributed by atoms with Gasteiger partial charge in [-0.1, -0.05) is 23.7 Å². The first-order valence-corrected chi connectivity index (χ1v) is 9.82. The van der Waals surface area contributed by atoms with Gasteiger partial charge in [0.15, 0.2) is 0 Å². The Kier molecular flexibility index (Phi) is 6.54. The molecule has 3 rings (SSSR count). The Hall–Kier alpha value is -3.40. The third-order valence-corrected chi connectivity index (χ3v) is 4.60. The summed E-state index contributed by atoms with van der Waals surface area (Å²) in [5.41, 5.74) is -2.87. The lowest BCUT2D eigenvalue weighted by molar-refractivity contribution is -0.137. The highest BCUT2D eigenvalue weighted by atomic mass is 35.5. The normalized spacial score (nSPS) is 11.6. The van der Waals surface area contributed by atoms with Gasteiger partial charge in [-0.3, -0.25) is 14.2 Å². The van der Waals surface area contributed by atoms with Crippen molar-refractivity contribution in [2.24, 2.45) is 0 Å². The summed E-state index contributed by atoms with van der Waals surface area (Å²) in [6.07, 6.45) is -4.56. The Bertz CT molecular complexity index is 1270. The number of aromatic nitrogens is 3. The van der Waals surface area contributed by atoms with Crippen molar-refractivity contribution >= 4 is 17.5 Å². The van der Waals surface area contributed by atoms with Gasteiger partial charge in [0, 0.05) is 11.1 Å². The van der Waals surface area contributed by atoms with E-state index in [1.54, 1.807) is 38.1 Å². The van der Waals surface area contributed by atoms with Crippen LogP contribution in [-0.4, -0.2) is 26.3 Å². The summed E-state index contributed by atoms with van der Waals surface area (Å²) in [6, 6.07) is 9.74. The molecule has 0 saturated carbocycles. The Morgan fingerprint density at radius 2 is 1.78 bits per heavy atom. The molecule has 0 saturated heterocycles. The van der Waals surface area contributed by atoms with Crippen molar-refractivity contribution in [2.45, 2.75) is 32.6 Å². The molecule has 7 nitrogen and oxygen atoms in total. The highest BCUT2D eigenvalue weighted by Crippen LogP contribution is 2.29. The fourth-order valence-electron chi connectivity index (χ4n) is 2.90. The van der Waals surface area contributed by atoms with Gasteiger partial charge in [-0.2, -0.15) is 23.0 Å². The lowest BCUT2D eigenvalue weighted by atomic mass is 10.2. The molecule has 0 radical (unpaired) electrons. The average Bonchev–Trinajstić information content (AvgIpc) is 2.70. The van der Waals surface area contributed by atoms with E-state index in [1.807, 2.05) is 0 Å². The molecule has 1 heterocycles. The van der Waals surface area contributed by atoms with E-state index in [9.17, 15) is 27.6 Å². The molecular weight excluding hydrogens is 449 g/mol. The van der Waals surface area contributed by atoms with E-state index in [0.717, 1.165) is 33.5 Å². The topological polar surface area (TPSA) is 86.0 Å². The third kappa shape index (κ3) is 5.08. The van der Waals surface area contributed by atoms with Gasteiger partial charge in [-0.25, -0.2) is 4.79 Å². The Balaban J connectivity index is 2.19. The van der Waals surface area contributed by atoms with Crippen LogP contribution in [0.5, 0.6) is 0 Å². The molecule has 0 spiro atoms. The van der Waals surface area contributed by atoms with E-state index in [1.165, 1.54) is 0 Å². The van der Waals surface area contributed by atoms with Crippen molar-refractivity contribution in [3.05, 3.63) is 91.2 Å². The smallest absolute Gasteiger partial charge is 0.348 e. The summed E-state index contributed by atoms with van der Waals surface area (Å²) < 4.78 is 40.2. The molecule has 0 bridgehead atoms. The van der Waals surface area contributed by atoms with Crippen molar-refractivity contribution in [1.29, 1.82) is 0 Å². The highest BCUT2D eigenvalue weighted by Gasteiger charge is 2.30. The molecule has 32 heavy (non-hydrogen) atoms. The van der Waals surface area contributed by atoms with Crippen LogP contribution >= 0.6 is 11.6 Å². The van der Waals surface area contributed by atoms with Crippen LogP contribution in [-0.2, 0) is 12.7 Å². The zero-order chi connectivity index (χ0) is 23.6. The lowest BCUT2D eigenvalue weighted by Gasteiger charge is -2.14. The zero-order valence-corrected chi connectivity index (χ0v) is 17.7.